The van der Waals surface area contributed by atoms with E-state index in [1.54, 1.807) is 18.2 Å². The number of nitrogens with zero attached hydrogens (tertiary/aromatic N) is 1. The van der Waals surface area contributed by atoms with Gasteiger partial charge in [-0.1, -0.05) is 29.8 Å². The van der Waals surface area contributed by atoms with Crippen LogP contribution >= 0.6 is 11.6 Å². The van der Waals surface area contributed by atoms with Gasteiger partial charge in [0.15, 0.2) is 0 Å². The molecule has 5 heteroatoms. The maximum atomic E-state index is 12.0. The topological polar surface area (TPSA) is 64.9 Å². The van der Waals surface area contributed by atoms with Crippen LogP contribution in [0.5, 0.6) is 0 Å². The molecule has 3 rings (SSSR count). The van der Waals surface area contributed by atoms with E-state index in [9.17, 15) is 4.79 Å². The first-order chi connectivity index (χ1) is 9.69. The van der Waals surface area contributed by atoms with Crippen LogP contribution in [-0.2, 0) is 4.79 Å². The van der Waals surface area contributed by atoms with E-state index < -0.39 is 6.04 Å². The number of carbonyl (C=O) groups is 1. The van der Waals surface area contributed by atoms with Crippen molar-refractivity contribution in [2.24, 2.45) is 0 Å². The minimum Gasteiger partial charge on any atom is -0.370 e. The molecule has 0 saturated carbocycles. The van der Waals surface area contributed by atoms with Gasteiger partial charge in [0, 0.05) is 16.9 Å². The molecule has 4 nitrogen and oxygen atoms in total. The van der Waals surface area contributed by atoms with Gasteiger partial charge in [0.05, 0.1) is 10.6 Å². The summed E-state index contributed by atoms with van der Waals surface area (Å²) in [5, 5.41) is 15.3. The van der Waals surface area contributed by atoms with Gasteiger partial charge in [0.25, 0.3) is 5.91 Å². The minimum absolute atomic E-state index is 0.111. The lowest BCUT2D eigenvalue weighted by molar-refractivity contribution is -0.116. The summed E-state index contributed by atoms with van der Waals surface area (Å²) in [6, 6.07) is 14.1. The van der Waals surface area contributed by atoms with Crippen LogP contribution in [0, 0.1) is 11.3 Å². The van der Waals surface area contributed by atoms with Gasteiger partial charge in [-0.15, -0.1) is 0 Å². The van der Waals surface area contributed by atoms with Gasteiger partial charge >= 0.3 is 0 Å². The van der Waals surface area contributed by atoms with Crippen molar-refractivity contribution in [3.05, 3.63) is 58.6 Å². The molecule has 1 amide bonds. The summed E-state index contributed by atoms with van der Waals surface area (Å²) in [6.45, 7) is 0. The number of nitrogens with one attached hydrogen (secondary N) is 2. The van der Waals surface area contributed by atoms with Gasteiger partial charge in [-0.05, 0) is 24.3 Å². The Balaban J connectivity index is 1.92. The largest absolute Gasteiger partial charge is 0.370 e. The summed E-state index contributed by atoms with van der Waals surface area (Å²) in [4.78, 5) is 12.0. The van der Waals surface area contributed by atoms with Crippen molar-refractivity contribution in [3.63, 3.8) is 0 Å². The molecule has 1 aliphatic heterocycles. The number of benzene rings is 2. The molecule has 0 aliphatic carbocycles. The maximum Gasteiger partial charge on any atom is 0.251 e. The Morgan fingerprint density at radius 1 is 1.25 bits per heavy atom. The second-order valence-corrected chi connectivity index (χ2v) is 4.87. The summed E-state index contributed by atoms with van der Waals surface area (Å²) < 4.78 is 0. The zero-order valence-electron chi connectivity index (χ0n) is 10.4. The highest BCUT2D eigenvalue weighted by atomic mass is 35.5. The second kappa shape index (κ2) is 4.87. The number of amides is 1. The maximum absolute atomic E-state index is 12.0. The highest BCUT2D eigenvalue weighted by molar-refractivity contribution is 6.31. The summed E-state index contributed by atoms with van der Waals surface area (Å²) in [6.07, 6.45) is 0. The number of hydrogen-bond acceptors (Lipinski definition) is 3. The van der Waals surface area contributed by atoms with Gasteiger partial charge in [-0.25, -0.2) is 0 Å². The van der Waals surface area contributed by atoms with Crippen molar-refractivity contribution in [2.45, 2.75) is 6.04 Å². The normalized spacial score (nSPS) is 16.2. The van der Waals surface area contributed by atoms with Crippen molar-refractivity contribution < 1.29 is 4.79 Å². The van der Waals surface area contributed by atoms with Crippen molar-refractivity contribution >= 4 is 28.9 Å². The Morgan fingerprint density at radius 2 is 2.05 bits per heavy atom. The highest BCUT2D eigenvalue weighted by Gasteiger charge is 2.29. The van der Waals surface area contributed by atoms with Crippen LogP contribution in [0.2, 0.25) is 5.02 Å². The average Bonchev–Trinajstić information content (AvgIpc) is 2.77. The lowest BCUT2D eigenvalue weighted by Gasteiger charge is -2.13. The summed E-state index contributed by atoms with van der Waals surface area (Å²) >= 11 is 5.89. The van der Waals surface area contributed by atoms with Crippen molar-refractivity contribution in [1.29, 1.82) is 5.26 Å². The van der Waals surface area contributed by atoms with E-state index in [1.165, 1.54) is 0 Å². The molecular formula is C15H10ClN3O. The van der Waals surface area contributed by atoms with E-state index in [4.69, 9.17) is 16.9 Å². The van der Waals surface area contributed by atoms with Crippen molar-refractivity contribution in [3.8, 4) is 6.07 Å². The summed E-state index contributed by atoms with van der Waals surface area (Å²) in [5.74, 6) is -0.111. The van der Waals surface area contributed by atoms with Crippen LogP contribution in [-0.4, -0.2) is 5.91 Å². The fraction of sp³-hybridized carbons (Fsp3) is 0.0667. The minimum atomic E-state index is -0.459. The first-order valence-electron chi connectivity index (χ1n) is 6.05. The molecule has 98 valence electrons. The quantitative estimate of drug-likeness (QED) is 0.888. The third-order valence-electron chi connectivity index (χ3n) is 3.19. The first kappa shape index (κ1) is 12.5. The van der Waals surface area contributed by atoms with Crippen LogP contribution in [0.3, 0.4) is 0 Å². The average molecular weight is 284 g/mol. The molecule has 20 heavy (non-hydrogen) atoms. The standard InChI is InChI=1S/C15H10ClN3O/c16-12-6-5-10(7-9(12)8-17)18-14-11-3-1-2-4-13(11)19-15(14)20/h1-7,14,18H,(H,19,20). The summed E-state index contributed by atoms with van der Waals surface area (Å²) in [7, 11) is 0. The molecule has 1 heterocycles. The van der Waals surface area contributed by atoms with Gasteiger partial charge in [-0.3, -0.25) is 4.79 Å². The number of para-hydroxylation sites is 1. The van der Waals surface area contributed by atoms with Crippen LogP contribution in [0.4, 0.5) is 11.4 Å². The number of anilines is 2. The summed E-state index contributed by atoms with van der Waals surface area (Å²) in [5.41, 5.74) is 2.77. The SMILES string of the molecule is N#Cc1cc(NC2C(=O)Nc3ccccc32)ccc1Cl. The second-order valence-electron chi connectivity index (χ2n) is 4.46. The molecule has 0 aromatic heterocycles. The molecule has 0 bridgehead atoms. The number of halogens is 1. The van der Waals surface area contributed by atoms with Gasteiger partial charge in [0.1, 0.15) is 12.1 Å². The first-order valence-corrected chi connectivity index (χ1v) is 6.43. The zero-order valence-corrected chi connectivity index (χ0v) is 11.1. The fourth-order valence-electron chi connectivity index (χ4n) is 2.22. The molecule has 0 radical (unpaired) electrons. The third kappa shape index (κ3) is 2.09. The van der Waals surface area contributed by atoms with E-state index >= 15 is 0 Å². The van der Waals surface area contributed by atoms with Gasteiger partial charge < -0.3 is 10.6 Å². The molecule has 0 saturated heterocycles. The number of nitriles is 1. The monoisotopic (exact) mass is 283 g/mol. The predicted molar refractivity (Wildman–Crippen MR) is 77.6 cm³/mol. The van der Waals surface area contributed by atoms with Crippen molar-refractivity contribution in [1.82, 2.24) is 0 Å². The van der Waals surface area contributed by atoms with E-state index in [0.29, 0.717) is 16.3 Å². The Hall–Kier alpha value is -2.51. The smallest absolute Gasteiger partial charge is 0.251 e. The lowest BCUT2D eigenvalue weighted by Crippen LogP contribution is -2.19. The predicted octanol–water partition coefficient (Wildman–Crippen LogP) is 3.32. The number of fused-ring (bicyclic) bond motifs is 1. The molecule has 1 aliphatic rings. The van der Waals surface area contributed by atoms with Crippen LogP contribution in [0.25, 0.3) is 0 Å². The molecule has 1 unspecified atom stereocenters. The van der Waals surface area contributed by atoms with Crippen molar-refractivity contribution in [2.75, 3.05) is 10.6 Å². The number of rotatable bonds is 2. The van der Waals surface area contributed by atoms with Gasteiger partial charge in [0.2, 0.25) is 0 Å². The van der Waals surface area contributed by atoms with E-state index in [1.807, 2.05) is 30.3 Å². The Labute approximate surface area is 121 Å². The molecule has 2 aromatic carbocycles. The Kier molecular flexibility index (Phi) is 3.05. The Morgan fingerprint density at radius 3 is 2.85 bits per heavy atom. The molecule has 2 aromatic rings. The number of carbonyl (C=O) groups excluding carboxylic acids is 1. The highest BCUT2D eigenvalue weighted by Crippen LogP contribution is 2.33. The molecular weight excluding hydrogens is 274 g/mol. The van der Waals surface area contributed by atoms with Gasteiger partial charge in [-0.2, -0.15) is 5.26 Å². The molecule has 0 fully saturated rings. The molecule has 0 spiro atoms. The van der Waals surface area contributed by atoms with E-state index in [2.05, 4.69) is 10.6 Å². The number of hydrogen-bond donors (Lipinski definition) is 2. The van der Waals surface area contributed by atoms with Crippen LogP contribution in [0.15, 0.2) is 42.5 Å². The third-order valence-corrected chi connectivity index (χ3v) is 3.52. The lowest BCUT2D eigenvalue weighted by atomic mass is 10.1. The molecule has 2 N–H and O–H groups in total. The van der Waals surface area contributed by atoms with Crippen LogP contribution in [0.1, 0.15) is 17.2 Å². The van der Waals surface area contributed by atoms with E-state index in [0.717, 1.165) is 11.3 Å². The zero-order chi connectivity index (χ0) is 14.1. The van der Waals surface area contributed by atoms with E-state index in [-0.39, 0.29) is 5.91 Å². The Bertz CT molecular complexity index is 736. The van der Waals surface area contributed by atoms with Crippen LogP contribution < -0.4 is 10.6 Å². The fourth-order valence-corrected chi connectivity index (χ4v) is 2.38. The molecule has 1 atom stereocenters.